The molecule has 0 radical (unpaired) electrons. The molecule has 0 saturated carbocycles. The summed E-state index contributed by atoms with van der Waals surface area (Å²) in [6, 6.07) is 32.9. The molecule has 0 unspecified atom stereocenters. The third-order valence-corrected chi connectivity index (χ3v) is 6.73. The van der Waals surface area contributed by atoms with Gasteiger partial charge in [-0.15, -0.1) is 12.1 Å². The minimum atomic E-state index is -4.77. The van der Waals surface area contributed by atoms with Crippen LogP contribution in [0.5, 0.6) is 0 Å². The largest absolute Gasteiger partial charge is 2.00 e. The predicted molar refractivity (Wildman–Crippen MR) is 144 cm³/mol. The van der Waals surface area contributed by atoms with E-state index in [1.165, 1.54) is 6.07 Å². The molecule has 0 spiro atoms. The van der Waals surface area contributed by atoms with Crippen LogP contribution in [0.15, 0.2) is 109 Å². The average molecular weight is 763 g/mol. The molecule has 6 aromatic rings. The molecule has 0 aliphatic rings. The molecule has 3 heterocycles. The minimum Gasteiger partial charge on any atom is -0.413 e. The quantitative estimate of drug-likeness (QED) is 0.135. The first-order valence-electron chi connectivity index (χ1n) is 12.6. The zero-order valence-electron chi connectivity index (χ0n) is 21.8. The molecule has 43 heavy (non-hydrogen) atoms. The van der Waals surface area contributed by atoms with Gasteiger partial charge in [-0.3, -0.25) is 23.8 Å². The van der Waals surface area contributed by atoms with Gasteiger partial charge in [-0.1, -0.05) is 90.5 Å². The molecule has 11 heteroatoms. The van der Waals surface area contributed by atoms with Gasteiger partial charge in [0, 0.05) is 11.6 Å². The number of halogens is 5. The first-order valence-corrected chi connectivity index (χ1v) is 12.6. The molecule has 3 aromatic heterocycles. The van der Waals surface area contributed by atoms with E-state index in [0.717, 1.165) is 23.3 Å². The second-order valence-corrected chi connectivity index (χ2v) is 9.30. The molecule has 0 saturated heterocycles. The molecule has 6 rings (SSSR count). The summed E-state index contributed by atoms with van der Waals surface area (Å²) in [4.78, 5) is 13.2. The maximum atomic E-state index is 14.8. The van der Waals surface area contributed by atoms with Crippen molar-refractivity contribution >= 4 is 0 Å². The summed E-state index contributed by atoms with van der Waals surface area (Å²) < 4.78 is 68.2. The third kappa shape index (κ3) is 5.62. The first kappa shape index (κ1) is 29.9. The molecular weight excluding hydrogens is 744 g/mol. The number of nitrogens with zero attached hydrogens (tertiary/aromatic N) is 5. The zero-order chi connectivity index (χ0) is 29.3. The SMILES string of the molecule is Fc1c[c-]c(-c2cccc(C(c3ccccc3)(c3ccccc3)c3cccc(-c4nc(C(F)(F)F)n[n-]4)n3)n2)c(F)c1.[Pt+2]. The minimum absolute atomic E-state index is 0. The van der Waals surface area contributed by atoms with Crippen LogP contribution in [0.1, 0.15) is 28.3 Å². The molecule has 3 aromatic carbocycles. The van der Waals surface area contributed by atoms with Gasteiger partial charge in [-0.2, -0.15) is 13.2 Å². The summed E-state index contributed by atoms with van der Waals surface area (Å²) in [6.45, 7) is 0. The van der Waals surface area contributed by atoms with Gasteiger partial charge in [0.15, 0.2) is 0 Å². The smallest absolute Gasteiger partial charge is 0.413 e. The zero-order valence-corrected chi connectivity index (χ0v) is 24.1. The van der Waals surface area contributed by atoms with E-state index < -0.39 is 29.1 Å². The van der Waals surface area contributed by atoms with E-state index >= 15 is 0 Å². The molecule has 0 fully saturated rings. The van der Waals surface area contributed by atoms with Gasteiger partial charge in [-0.05, 0) is 40.8 Å². The van der Waals surface area contributed by atoms with Crippen LogP contribution in [0, 0.1) is 17.7 Å². The molecule has 0 bridgehead atoms. The number of aromatic nitrogens is 5. The fraction of sp³-hybridized carbons (Fsp3) is 0.0625. The van der Waals surface area contributed by atoms with Crippen LogP contribution >= 0.6 is 0 Å². The third-order valence-electron chi connectivity index (χ3n) is 6.73. The maximum absolute atomic E-state index is 14.8. The Balaban J connectivity index is 0.00000368. The first-order chi connectivity index (χ1) is 20.3. The number of alkyl halides is 3. The molecular formula is C32H18F5N5Pt. The summed E-state index contributed by atoms with van der Waals surface area (Å²) >= 11 is 0. The van der Waals surface area contributed by atoms with Crippen LogP contribution in [0.2, 0.25) is 0 Å². The van der Waals surface area contributed by atoms with E-state index in [9.17, 15) is 22.0 Å². The number of hydrogen-bond donors (Lipinski definition) is 0. The Morgan fingerprint density at radius 2 is 1.21 bits per heavy atom. The Morgan fingerprint density at radius 1 is 0.651 bits per heavy atom. The summed E-state index contributed by atoms with van der Waals surface area (Å²) in [5.41, 5.74) is 1.29. The fourth-order valence-corrected chi connectivity index (χ4v) is 4.93. The monoisotopic (exact) mass is 762 g/mol. The average Bonchev–Trinajstić information content (AvgIpc) is 3.51. The Bertz CT molecular complexity index is 1820. The Morgan fingerprint density at radius 3 is 1.74 bits per heavy atom. The second kappa shape index (κ2) is 12.0. The van der Waals surface area contributed by atoms with Crippen molar-refractivity contribution in [1.29, 1.82) is 0 Å². The number of pyridine rings is 2. The van der Waals surface area contributed by atoms with Crippen molar-refractivity contribution in [2.45, 2.75) is 11.6 Å². The fourth-order valence-electron chi connectivity index (χ4n) is 4.93. The summed E-state index contributed by atoms with van der Waals surface area (Å²) in [6.07, 6.45) is -4.77. The van der Waals surface area contributed by atoms with Crippen molar-refractivity contribution in [3.8, 4) is 22.8 Å². The van der Waals surface area contributed by atoms with Crippen molar-refractivity contribution in [3.05, 3.63) is 155 Å². The van der Waals surface area contributed by atoms with Crippen LogP contribution in [0.3, 0.4) is 0 Å². The molecule has 216 valence electrons. The maximum Gasteiger partial charge on any atom is 2.00 e. The molecule has 5 nitrogen and oxygen atoms in total. The van der Waals surface area contributed by atoms with Gasteiger partial charge in [0.05, 0.1) is 17.1 Å². The predicted octanol–water partition coefficient (Wildman–Crippen LogP) is 7.04. The molecule has 0 aliphatic heterocycles. The van der Waals surface area contributed by atoms with Gasteiger partial charge in [0.1, 0.15) is 11.2 Å². The van der Waals surface area contributed by atoms with Gasteiger partial charge >= 0.3 is 27.2 Å². The van der Waals surface area contributed by atoms with Crippen molar-refractivity contribution in [1.82, 2.24) is 25.1 Å². The van der Waals surface area contributed by atoms with Crippen molar-refractivity contribution < 1.29 is 43.0 Å². The van der Waals surface area contributed by atoms with Gasteiger partial charge < -0.3 is 10.1 Å². The van der Waals surface area contributed by atoms with E-state index in [2.05, 4.69) is 21.2 Å². The Labute approximate surface area is 257 Å². The summed E-state index contributed by atoms with van der Waals surface area (Å²) in [5, 5.41) is 6.81. The summed E-state index contributed by atoms with van der Waals surface area (Å²) in [7, 11) is 0. The van der Waals surface area contributed by atoms with Crippen molar-refractivity contribution in [3.63, 3.8) is 0 Å². The van der Waals surface area contributed by atoms with Crippen molar-refractivity contribution in [2.24, 2.45) is 0 Å². The van der Waals surface area contributed by atoms with Crippen LogP contribution in [-0.4, -0.2) is 20.1 Å². The standard InChI is InChI=1S/C32H18F5N5.Pt/c33-22-17-18-23(24(34)19-22)25-13-7-15-27(38-25)31(20-9-3-1-4-10-20,21-11-5-2-6-12-21)28-16-8-14-26(39-28)29-40-30(42-41-29)32(35,36)37;/h1-17,19H;/q-2;+2. The molecule has 0 N–H and O–H groups in total. The number of rotatable bonds is 6. The number of benzene rings is 3. The summed E-state index contributed by atoms with van der Waals surface area (Å²) in [5.74, 6) is -3.25. The van der Waals surface area contributed by atoms with Gasteiger partial charge in [0.2, 0.25) is 0 Å². The normalized spacial score (nSPS) is 11.7. The van der Waals surface area contributed by atoms with Gasteiger partial charge in [0.25, 0.3) is 0 Å². The molecule has 0 aliphatic carbocycles. The molecule has 0 amide bonds. The van der Waals surface area contributed by atoms with Crippen LogP contribution < -0.4 is 5.10 Å². The van der Waals surface area contributed by atoms with E-state index in [4.69, 9.17) is 9.97 Å². The van der Waals surface area contributed by atoms with Crippen LogP contribution in [0.25, 0.3) is 22.8 Å². The number of hydrogen-bond acceptors (Lipinski definition) is 4. The topological polar surface area (TPSA) is 65.7 Å². The van der Waals surface area contributed by atoms with Crippen molar-refractivity contribution in [2.75, 3.05) is 0 Å². The Kier molecular flexibility index (Phi) is 8.33. The van der Waals surface area contributed by atoms with E-state index in [1.54, 1.807) is 30.3 Å². The van der Waals surface area contributed by atoms with E-state index in [0.29, 0.717) is 11.4 Å². The van der Waals surface area contributed by atoms with Crippen LogP contribution in [-0.2, 0) is 32.7 Å². The van der Waals surface area contributed by atoms with E-state index in [1.807, 2.05) is 60.7 Å². The van der Waals surface area contributed by atoms with E-state index in [-0.39, 0.29) is 43.8 Å². The molecule has 0 atom stereocenters. The van der Waals surface area contributed by atoms with Crippen LogP contribution in [0.4, 0.5) is 22.0 Å². The van der Waals surface area contributed by atoms with Gasteiger partial charge in [-0.25, -0.2) is 0 Å². The second-order valence-electron chi connectivity index (χ2n) is 9.30. The Hall–Kier alpha value is -4.56.